The molecule has 2 amide bonds. The Bertz CT molecular complexity index is 1280. The fourth-order valence-electron chi connectivity index (χ4n) is 4.16. The van der Waals surface area contributed by atoms with Crippen molar-refractivity contribution in [3.8, 4) is 0 Å². The van der Waals surface area contributed by atoms with Crippen molar-refractivity contribution in [2.45, 2.75) is 38.9 Å². The van der Waals surface area contributed by atoms with Crippen molar-refractivity contribution in [1.82, 2.24) is 20.0 Å². The number of hydrogen-bond acceptors (Lipinski definition) is 5. The first-order valence-electron chi connectivity index (χ1n) is 11.6. The molecule has 3 aromatic rings. The van der Waals surface area contributed by atoms with Crippen LogP contribution in [0.15, 0.2) is 54.6 Å². The third-order valence-corrected chi connectivity index (χ3v) is 6.43. The van der Waals surface area contributed by atoms with Crippen LogP contribution in [0.1, 0.15) is 46.0 Å². The van der Waals surface area contributed by atoms with Crippen LogP contribution in [0.2, 0.25) is 5.02 Å². The van der Waals surface area contributed by atoms with Crippen molar-refractivity contribution in [3.05, 3.63) is 88.0 Å². The van der Waals surface area contributed by atoms with Crippen molar-refractivity contribution < 1.29 is 23.5 Å². The predicted molar refractivity (Wildman–Crippen MR) is 131 cm³/mol. The first kappa shape index (κ1) is 25.4. The lowest BCUT2D eigenvalue weighted by Crippen LogP contribution is -2.64. The number of fused-ring (bicyclic) bond motifs is 1. The molecule has 8 nitrogen and oxygen atoms in total. The number of carbonyl (C=O) groups is 3. The van der Waals surface area contributed by atoms with E-state index in [-0.39, 0.29) is 43.4 Å². The second kappa shape index (κ2) is 10.5. The van der Waals surface area contributed by atoms with Crippen LogP contribution in [0.4, 0.5) is 4.39 Å². The van der Waals surface area contributed by atoms with Gasteiger partial charge in [0.15, 0.2) is 5.69 Å². The largest absolute Gasteiger partial charge is 0.461 e. The third-order valence-electron chi connectivity index (χ3n) is 6.18. The molecule has 1 N–H and O–H groups in total. The van der Waals surface area contributed by atoms with Gasteiger partial charge >= 0.3 is 5.97 Å². The molecule has 0 bridgehead atoms. The summed E-state index contributed by atoms with van der Waals surface area (Å²) in [6.45, 7) is 3.98. The van der Waals surface area contributed by atoms with Gasteiger partial charge in [-0.2, -0.15) is 5.10 Å². The zero-order valence-electron chi connectivity index (χ0n) is 20.0. The minimum Gasteiger partial charge on any atom is -0.461 e. The first-order chi connectivity index (χ1) is 17.2. The highest BCUT2D eigenvalue weighted by molar-refractivity contribution is 6.30. The number of ether oxygens (including phenoxy) is 1. The quantitative estimate of drug-likeness (QED) is 0.465. The third kappa shape index (κ3) is 5.26. The van der Waals surface area contributed by atoms with Gasteiger partial charge in [-0.3, -0.25) is 14.3 Å². The van der Waals surface area contributed by atoms with Gasteiger partial charge in [0.05, 0.1) is 13.2 Å². The van der Waals surface area contributed by atoms with E-state index in [9.17, 15) is 18.8 Å². The van der Waals surface area contributed by atoms with E-state index >= 15 is 0 Å². The zero-order valence-corrected chi connectivity index (χ0v) is 20.7. The van der Waals surface area contributed by atoms with Crippen molar-refractivity contribution >= 4 is 29.4 Å². The smallest absolute Gasteiger partial charge is 0.358 e. The van der Waals surface area contributed by atoms with E-state index in [1.807, 2.05) is 12.1 Å². The fourth-order valence-corrected chi connectivity index (χ4v) is 4.29. The lowest BCUT2D eigenvalue weighted by Gasteiger charge is -2.43. The summed E-state index contributed by atoms with van der Waals surface area (Å²) in [7, 11) is 0. The van der Waals surface area contributed by atoms with Crippen LogP contribution in [0.3, 0.4) is 0 Å². The Kier molecular flexibility index (Phi) is 7.40. The van der Waals surface area contributed by atoms with Gasteiger partial charge in [0.2, 0.25) is 5.91 Å². The van der Waals surface area contributed by atoms with E-state index in [0.717, 1.165) is 5.56 Å². The summed E-state index contributed by atoms with van der Waals surface area (Å²) >= 11 is 5.99. The lowest BCUT2D eigenvalue weighted by atomic mass is 9.94. The van der Waals surface area contributed by atoms with Crippen molar-refractivity contribution in [1.29, 1.82) is 0 Å². The molecule has 2 aromatic carbocycles. The average Bonchev–Trinajstić information content (AvgIpc) is 3.28. The standard InChI is InChI=1S/C26H26ClFN4O4/c1-3-36-24(34)21-14-22-23(33)31(13-12-17-4-8-19(27)9-5-17)26(2,16-32(22)30-21)25(35)29-15-18-6-10-20(28)11-7-18/h4-11,14H,3,12-13,15-16H2,1-2H3,(H,29,35)/t26-/m0/s1. The van der Waals surface area contributed by atoms with Gasteiger partial charge in [0.1, 0.15) is 17.1 Å². The van der Waals surface area contributed by atoms with Gasteiger partial charge in [0, 0.05) is 24.2 Å². The molecule has 4 rings (SSSR count). The summed E-state index contributed by atoms with van der Waals surface area (Å²) < 4.78 is 19.6. The highest BCUT2D eigenvalue weighted by Crippen LogP contribution is 2.28. The number of aromatic nitrogens is 2. The highest BCUT2D eigenvalue weighted by Gasteiger charge is 2.48. The molecular formula is C26H26ClFN4O4. The Morgan fingerprint density at radius 3 is 2.47 bits per heavy atom. The van der Waals surface area contributed by atoms with Crippen LogP contribution in [-0.4, -0.2) is 51.2 Å². The molecule has 0 saturated heterocycles. The Hall–Kier alpha value is -3.72. The molecule has 0 saturated carbocycles. The number of benzene rings is 2. The monoisotopic (exact) mass is 512 g/mol. The maximum atomic E-state index is 13.6. The van der Waals surface area contributed by atoms with Gasteiger partial charge in [-0.15, -0.1) is 0 Å². The van der Waals surface area contributed by atoms with Crippen LogP contribution in [0, 0.1) is 5.82 Å². The van der Waals surface area contributed by atoms with Crippen LogP contribution >= 0.6 is 11.6 Å². The molecule has 1 aromatic heterocycles. The molecule has 1 aliphatic rings. The minimum absolute atomic E-state index is 0.00817. The molecule has 1 aliphatic heterocycles. The number of hydrogen-bond donors (Lipinski definition) is 1. The van der Waals surface area contributed by atoms with E-state index in [2.05, 4.69) is 10.4 Å². The van der Waals surface area contributed by atoms with Crippen LogP contribution < -0.4 is 5.32 Å². The average molecular weight is 513 g/mol. The molecule has 36 heavy (non-hydrogen) atoms. The highest BCUT2D eigenvalue weighted by atomic mass is 35.5. The van der Waals surface area contributed by atoms with Gasteiger partial charge in [-0.25, -0.2) is 9.18 Å². The number of halogens is 2. The normalized spacial score (nSPS) is 17.0. The predicted octanol–water partition coefficient (Wildman–Crippen LogP) is 3.63. The summed E-state index contributed by atoms with van der Waals surface area (Å²) in [4.78, 5) is 40.8. The Balaban J connectivity index is 1.61. The minimum atomic E-state index is -1.30. The Labute approximate surface area is 213 Å². The summed E-state index contributed by atoms with van der Waals surface area (Å²) in [5.74, 6) is -1.82. The van der Waals surface area contributed by atoms with E-state index in [0.29, 0.717) is 17.0 Å². The van der Waals surface area contributed by atoms with Gasteiger partial charge in [-0.05, 0) is 55.7 Å². The molecule has 0 spiro atoms. The van der Waals surface area contributed by atoms with E-state index < -0.39 is 23.3 Å². The van der Waals surface area contributed by atoms with Crippen LogP contribution in [-0.2, 0) is 29.0 Å². The Morgan fingerprint density at radius 2 is 1.81 bits per heavy atom. The van der Waals surface area contributed by atoms with E-state index in [1.165, 1.54) is 27.8 Å². The van der Waals surface area contributed by atoms with Crippen molar-refractivity contribution in [3.63, 3.8) is 0 Å². The molecule has 0 aliphatic carbocycles. The van der Waals surface area contributed by atoms with Crippen LogP contribution in [0.25, 0.3) is 0 Å². The van der Waals surface area contributed by atoms with Crippen LogP contribution in [0.5, 0.6) is 0 Å². The number of carbonyl (C=O) groups excluding carboxylic acids is 3. The van der Waals surface area contributed by atoms with E-state index in [1.54, 1.807) is 38.1 Å². The maximum absolute atomic E-state index is 13.6. The van der Waals surface area contributed by atoms with Gasteiger partial charge in [0.25, 0.3) is 5.91 Å². The first-order valence-corrected chi connectivity index (χ1v) is 11.9. The summed E-state index contributed by atoms with van der Waals surface area (Å²) in [6.07, 6.45) is 0.489. The molecule has 1 atom stereocenters. The Morgan fingerprint density at radius 1 is 1.14 bits per heavy atom. The number of nitrogens with one attached hydrogen (secondary N) is 1. The summed E-state index contributed by atoms with van der Waals surface area (Å²) in [5.41, 5.74) is 0.584. The lowest BCUT2D eigenvalue weighted by molar-refractivity contribution is -0.133. The molecule has 0 fully saturated rings. The summed E-state index contributed by atoms with van der Waals surface area (Å²) in [5, 5.41) is 7.71. The maximum Gasteiger partial charge on any atom is 0.358 e. The molecule has 0 radical (unpaired) electrons. The van der Waals surface area contributed by atoms with Gasteiger partial charge < -0.3 is 15.0 Å². The molecule has 188 valence electrons. The van der Waals surface area contributed by atoms with Gasteiger partial charge in [-0.1, -0.05) is 35.9 Å². The van der Waals surface area contributed by atoms with Crippen molar-refractivity contribution in [2.75, 3.05) is 13.2 Å². The number of esters is 1. The second-order valence-corrected chi connectivity index (χ2v) is 9.15. The molecule has 0 unspecified atom stereocenters. The van der Waals surface area contributed by atoms with Crippen molar-refractivity contribution in [2.24, 2.45) is 0 Å². The number of nitrogens with zero attached hydrogens (tertiary/aromatic N) is 3. The zero-order chi connectivity index (χ0) is 25.9. The summed E-state index contributed by atoms with van der Waals surface area (Å²) in [6, 6.07) is 14.5. The van der Waals surface area contributed by atoms with E-state index in [4.69, 9.17) is 16.3 Å². The topological polar surface area (TPSA) is 93.5 Å². The SMILES string of the molecule is CCOC(=O)c1cc2n(n1)C[C@@](C)(C(=O)NCc1ccc(F)cc1)N(CCc1ccc(Cl)cc1)C2=O. The second-order valence-electron chi connectivity index (χ2n) is 8.71. The fraction of sp³-hybridized carbons (Fsp3) is 0.308. The molecule has 2 heterocycles. The number of amides is 2. The molecular weight excluding hydrogens is 487 g/mol. The number of rotatable bonds is 8. The molecule has 10 heteroatoms.